The zero-order valence-corrected chi connectivity index (χ0v) is 14.9. The minimum Gasteiger partial charge on any atom is -0.465 e. The number of furan rings is 1. The molecular weight excluding hydrogens is 338 g/mol. The molecule has 1 fully saturated rings. The number of rotatable bonds is 5. The second-order valence-corrected chi connectivity index (χ2v) is 7.15. The lowest BCUT2D eigenvalue weighted by Gasteiger charge is -2.33. The van der Waals surface area contributed by atoms with Gasteiger partial charge in [-0.05, 0) is 36.6 Å². The Morgan fingerprint density at radius 3 is 2.92 bits per heavy atom. The Bertz CT molecular complexity index is 831. The molecule has 25 heavy (non-hydrogen) atoms. The van der Waals surface area contributed by atoms with Crippen molar-refractivity contribution in [1.29, 1.82) is 0 Å². The van der Waals surface area contributed by atoms with Gasteiger partial charge in [-0.3, -0.25) is 9.69 Å². The van der Waals surface area contributed by atoms with Gasteiger partial charge in [0.25, 0.3) is 5.91 Å². The van der Waals surface area contributed by atoms with Crippen molar-refractivity contribution >= 4 is 27.5 Å². The lowest BCUT2D eigenvalue weighted by Crippen LogP contribution is -2.43. The third-order valence-corrected chi connectivity index (χ3v) is 5.38. The van der Waals surface area contributed by atoms with Crippen LogP contribution in [0.25, 0.3) is 10.2 Å². The minimum atomic E-state index is -0.0927. The summed E-state index contributed by atoms with van der Waals surface area (Å²) in [7, 11) is 0. The summed E-state index contributed by atoms with van der Waals surface area (Å²) in [4.78, 5) is 18.0. The van der Waals surface area contributed by atoms with Crippen molar-refractivity contribution in [3.05, 3.63) is 46.9 Å². The molecule has 6 nitrogen and oxygen atoms in total. The number of aromatic nitrogens is 1. The maximum atomic E-state index is 12.5. The molecule has 4 rings (SSSR count). The van der Waals surface area contributed by atoms with Gasteiger partial charge in [0.1, 0.15) is 17.2 Å². The molecule has 0 radical (unpaired) electrons. The number of hydrogen-bond acceptors (Lipinski definition) is 5. The SMILES string of the molecule is Cc1ccc(C(CNC(=O)c2cc3sccc3[nH]2)N2CCOCC2)o1. The van der Waals surface area contributed by atoms with E-state index in [4.69, 9.17) is 9.15 Å². The van der Waals surface area contributed by atoms with Gasteiger partial charge in [0.15, 0.2) is 0 Å². The van der Waals surface area contributed by atoms with E-state index in [1.807, 2.05) is 36.6 Å². The number of thiophene rings is 1. The molecule has 7 heteroatoms. The summed E-state index contributed by atoms with van der Waals surface area (Å²) in [6.45, 7) is 5.51. The highest BCUT2D eigenvalue weighted by Gasteiger charge is 2.26. The van der Waals surface area contributed by atoms with E-state index in [0.29, 0.717) is 25.5 Å². The Morgan fingerprint density at radius 2 is 2.20 bits per heavy atom. The van der Waals surface area contributed by atoms with Crippen molar-refractivity contribution in [3.8, 4) is 0 Å². The first-order valence-corrected chi connectivity index (χ1v) is 9.31. The first-order valence-electron chi connectivity index (χ1n) is 8.43. The Kier molecular flexibility index (Phi) is 4.61. The average molecular weight is 359 g/mol. The van der Waals surface area contributed by atoms with Crippen LogP contribution in [0.5, 0.6) is 0 Å². The van der Waals surface area contributed by atoms with Crippen LogP contribution in [0.4, 0.5) is 0 Å². The van der Waals surface area contributed by atoms with Crippen molar-refractivity contribution in [2.45, 2.75) is 13.0 Å². The van der Waals surface area contributed by atoms with Gasteiger partial charge < -0.3 is 19.5 Å². The molecule has 0 saturated carbocycles. The van der Waals surface area contributed by atoms with Gasteiger partial charge in [-0.25, -0.2) is 0 Å². The highest BCUT2D eigenvalue weighted by molar-refractivity contribution is 7.17. The number of carbonyl (C=O) groups is 1. The smallest absolute Gasteiger partial charge is 0.267 e. The second-order valence-electron chi connectivity index (χ2n) is 6.20. The van der Waals surface area contributed by atoms with Gasteiger partial charge in [0.05, 0.1) is 29.5 Å². The van der Waals surface area contributed by atoms with Crippen LogP contribution in [0, 0.1) is 6.92 Å². The van der Waals surface area contributed by atoms with E-state index >= 15 is 0 Å². The second kappa shape index (κ2) is 7.03. The number of carbonyl (C=O) groups excluding carboxylic acids is 1. The number of hydrogen-bond donors (Lipinski definition) is 2. The van der Waals surface area contributed by atoms with Crippen LogP contribution in [0.2, 0.25) is 0 Å². The summed E-state index contributed by atoms with van der Waals surface area (Å²) in [6.07, 6.45) is 0. The lowest BCUT2D eigenvalue weighted by molar-refractivity contribution is 0.0117. The van der Waals surface area contributed by atoms with Crippen LogP contribution >= 0.6 is 11.3 Å². The van der Waals surface area contributed by atoms with Crippen LogP contribution in [0.3, 0.4) is 0 Å². The molecule has 0 aliphatic carbocycles. The van der Waals surface area contributed by atoms with Crippen molar-refractivity contribution < 1.29 is 13.9 Å². The number of fused-ring (bicyclic) bond motifs is 1. The third-order valence-electron chi connectivity index (χ3n) is 4.52. The summed E-state index contributed by atoms with van der Waals surface area (Å²) >= 11 is 1.62. The summed E-state index contributed by atoms with van der Waals surface area (Å²) in [5, 5.41) is 5.06. The quantitative estimate of drug-likeness (QED) is 0.735. The number of aromatic amines is 1. The number of nitrogens with zero attached hydrogens (tertiary/aromatic N) is 1. The number of H-pyrrole nitrogens is 1. The molecule has 3 aromatic heterocycles. The first-order chi connectivity index (χ1) is 12.2. The predicted octanol–water partition coefficient (Wildman–Crippen LogP) is 2.93. The van der Waals surface area contributed by atoms with E-state index in [9.17, 15) is 4.79 Å². The summed E-state index contributed by atoms with van der Waals surface area (Å²) in [5.74, 6) is 1.67. The average Bonchev–Trinajstić information content (AvgIpc) is 3.32. The van der Waals surface area contributed by atoms with Crippen LogP contribution in [-0.4, -0.2) is 48.6 Å². The molecule has 1 amide bonds. The van der Waals surface area contributed by atoms with E-state index in [1.165, 1.54) is 0 Å². The van der Waals surface area contributed by atoms with Crippen molar-refractivity contribution in [1.82, 2.24) is 15.2 Å². The Morgan fingerprint density at radius 1 is 1.36 bits per heavy atom. The molecule has 0 bridgehead atoms. The molecule has 3 aromatic rings. The summed E-state index contributed by atoms with van der Waals surface area (Å²) in [5.41, 5.74) is 1.60. The van der Waals surface area contributed by atoms with E-state index in [2.05, 4.69) is 15.2 Å². The van der Waals surface area contributed by atoms with Crippen molar-refractivity contribution in [2.24, 2.45) is 0 Å². The molecule has 0 spiro atoms. The van der Waals surface area contributed by atoms with Gasteiger partial charge >= 0.3 is 0 Å². The highest BCUT2D eigenvalue weighted by Crippen LogP contribution is 2.24. The van der Waals surface area contributed by atoms with Crippen molar-refractivity contribution in [3.63, 3.8) is 0 Å². The molecule has 1 saturated heterocycles. The topological polar surface area (TPSA) is 70.5 Å². The molecular formula is C18H21N3O3S. The number of nitrogens with one attached hydrogen (secondary N) is 2. The van der Waals surface area contributed by atoms with Crippen molar-refractivity contribution in [2.75, 3.05) is 32.8 Å². The molecule has 1 aliphatic heterocycles. The lowest BCUT2D eigenvalue weighted by atomic mass is 10.1. The number of ether oxygens (including phenoxy) is 1. The fraction of sp³-hybridized carbons (Fsp3) is 0.389. The van der Waals surface area contributed by atoms with E-state index < -0.39 is 0 Å². The highest BCUT2D eigenvalue weighted by atomic mass is 32.1. The molecule has 132 valence electrons. The standard InChI is InChI=1S/C18H21N3O3S/c1-12-2-3-16(24-12)15(21-5-7-23-8-6-21)11-19-18(22)14-10-17-13(20-14)4-9-25-17/h2-4,9-10,15,20H,5-8,11H2,1H3,(H,19,22). The summed E-state index contributed by atoms with van der Waals surface area (Å²) in [6, 6.07) is 7.85. The molecule has 1 unspecified atom stereocenters. The van der Waals surface area contributed by atoms with E-state index in [-0.39, 0.29) is 11.9 Å². The number of aryl methyl sites for hydroxylation is 1. The number of morpholine rings is 1. The molecule has 0 aromatic carbocycles. The minimum absolute atomic E-state index is 0.0117. The van der Waals surface area contributed by atoms with Gasteiger partial charge in [-0.2, -0.15) is 0 Å². The van der Waals surface area contributed by atoms with Crippen LogP contribution in [-0.2, 0) is 4.74 Å². The fourth-order valence-electron chi connectivity index (χ4n) is 3.19. The van der Waals surface area contributed by atoms with Gasteiger partial charge in [-0.1, -0.05) is 0 Å². The van der Waals surface area contributed by atoms with E-state index in [1.54, 1.807) is 11.3 Å². The van der Waals surface area contributed by atoms with Crippen LogP contribution in [0.15, 0.2) is 34.1 Å². The van der Waals surface area contributed by atoms with Gasteiger partial charge in [-0.15, -0.1) is 11.3 Å². The Labute approximate surface area is 149 Å². The van der Waals surface area contributed by atoms with Gasteiger partial charge in [0.2, 0.25) is 0 Å². The monoisotopic (exact) mass is 359 g/mol. The van der Waals surface area contributed by atoms with E-state index in [0.717, 1.165) is 34.8 Å². The maximum Gasteiger partial charge on any atom is 0.267 e. The molecule has 1 aliphatic rings. The first kappa shape index (κ1) is 16.4. The largest absolute Gasteiger partial charge is 0.465 e. The van der Waals surface area contributed by atoms with Gasteiger partial charge in [0, 0.05) is 19.6 Å². The molecule has 4 heterocycles. The zero-order chi connectivity index (χ0) is 17.2. The zero-order valence-electron chi connectivity index (χ0n) is 14.1. The predicted molar refractivity (Wildman–Crippen MR) is 97.1 cm³/mol. The fourth-order valence-corrected chi connectivity index (χ4v) is 3.97. The van der Waals surface area contributed by atoms with Crippen LogP contribution in [0.1, 0.15) is 28.1 Å². The Hall–Kier alpha value is -2.09. The Balaban J connectivity index is 1.47. The number of amides is 1. The summed E-state index contributed by atoms with van der Waals surface area (Å²) < 4.78 is 12.4. The van der Waals surface area contributed by atoms with Crippen LogP contribution < -0.4 is 5.32 Å². The normalized spacial score (nSPS) is 17.0. The maximum absolute atomic E-state index is 12.5. The third kappa shape index (κ3) is 3.49. The molecule has 1 atom stereocenters. The molecule has 2 N–H and O–H groups in total.